The zero-order valence-electron chi connectivity index (χ0n) is 16.5. The molecule has 0 saturated carbocycles. The molecule has 1 aromatic carbocycles. The summed E-state index contributed by atoms with van der Waals surface area (Å²) < 4.78 is 0. The van der Waals surface area contributed by atoms with Gasteiger partial charge in [-0.3, -0.25) is 19.4 Å². The van der Waals surface area contributed by atoms with Gasteiger partial charge in [0.15, 0.2) is 22.5 Å². The number of Topliss-reactive ketones (excluding diaryl/α,β-unsaturated/α-hetero) is 1. The number of aliphatic carboxylic acids is 2. The number of carboxylic acid groups (broad SMARTS) is 2. The number of fused-ring (bicyclic) bond motifs is 1. The third kappa shape index (κ3) is 4.67. The topological polar surface area (TPSA) is 227 Å². The van der Waals surface area contributed by atoms with Crippen LogP contribution < -0.4 is 22.3 Å². The molecule has 13 heteroatoms. The second-order valence-electron chi connectivity index (χ2n) is 6.91. The number of nitrogen functional groups attached to an aromatic ring is 1. The monoisotopic (exact) mass is 441 g/mol. The molecule has 0 aliphatic heterocycles. The Morgan fingerprint density at radius 3 is 2.44 bits per heavy atom. The summed E-state index contributed by atoms with van der Waals surface area (Å²) in [5.74, 6) is -3.84. The molecule has 8 N–H and O–H groups in total. The zero-order valence-corrected chi connectivity index (χ0v) is 16.5. The van der Waals surface area contributed by atoms with Crippen LogP contribution in [-0.4, -0.2) is 53.4 Å². The van der Waals surface area contributed by atoms with Crippen molar-refractivity contribution in [2.24, 2.45) is 5.73 Å². The highest BCUT2D eigenvalue weighted by Gasteiger charge is 2.42. The van der Waals surface area contributed by atoms with Crippen LogP contribution in [0.2, 0.25) is 0 Å². The van der Waals surface area contributed by atoms with Gasteiger partial charge in [0, 0.05) is 17.7 Å². The van der Waals surface area contributed by atoms with E-state index in [0.29, 0.717) is 11.4 Å². The molecular weight excluding hydrogens is 422 g/mol. The van der Waals surface area contributed by atoms with Crippen molar-refractivity contribution in [1.29, 1.82) is 0 Å². The van der Waals surface area contributed by atoms with Gasteiger partial charge >= 0.3 is 11.9 Å². The van der Waals surface area contributed by atoms with Crippen LogP contribution in [0.25, 0.3) is 11.2 Å². The number of ketones is 1. The number of carboxylic acids is 2. The van der Waals surface area contributed by atoms with Crippen molar-refractivity contribution in [3.05, 3.63) is 52.1 Å². The molecule has 0 saturated heterocycles. The lowest BCUT2D eigenvalue weighted by Gasteiger charge is -2.22. The first kappa shape index (κ1) is 22.3. The smallest absolute Gasteiger partial charge is 0.331 e. The summed E-state index contributed by atoms with van der Waals surface area (Å²) in [5, 5.41) is 21.2. The van der Waals surface area contributed by atoms with Gasteiger partial charge in [-0.15, -0.1) is 0 Å². The van der Waals surface area contributed by atoms with Crippen LogP contribution >= 0.6 is 0 Å². The maximum Gasteiger partial charge on any atom is 0.331 e. The molecule has 1 unspecified atom stereocenters. The van der Waals surface area contributed by atoms with Gasteiger partial charge in [-0.2, -0.15) is 4.98 Å². The molecule has 0 bridgehead atoms. The molecule has 3 aromatic rings. The summed E-state index contributed by atoms with van der Waals surface area (Å²) in [4.78, 5) is 61.2. The van der Waals surface area contributed by atoms with Crippen molar-refractivity contribution in [1.82, 2.24) is 19.9 Å². The Morgan fingerprint density at radius 1 is 1.12 bits per heavy atom. The van der Waals surface area contributed by atoms with E-state index < -0.39 is 41.7 Å². The first-order valence-corrected chi connectivity index (χ1v) is 9.24. The molecule has 0 fully saturated rings. The highest BCUT2D eigenvalue weighted by molar-refractivity contribution is 6.16. The fraction of sp³-hybridized carbons (Fsp3) is 0.211. The fourth-order valence-corrected chi connectivity index (χ4v) is 2.87. The lowest BCUT2D eigenvalue weighted by atomic mass is 9.86. The van der Waals surface area contributed by atoms with Gasteiger partial charge in [-0.05, 0) is 30.7 Å². The molecule has 0 amide bonds. The van der Waals surface area contributed by atoms with Crippen molar-refractivity contribution in [2.45, 2.75) is 24.9 Å². The van der Waals surface area contributed by atoms with Crippen molar-refractivity contribution in [3.8, 4) is 0 Å². The number of hydrogen-bond acceptors (Lipinski definition) is 10. The van der Waals surface area contributed by atoms with Crippen LogP contribution in [0.4, 0.5) is 11.6 Å². The molecule has 1 atom stereocenters. The van der Waals surface area contributed by atoms with E-state index >= 15 is 0 Å². The molecule has 2 heterocycles. The average Bonchev–Trinajstić information content (AvgIpc) is 2.75. The minimum Gasteiger partial charge on any atom is -0.481 e. The lowest BCUT2D eigenvalue weighted by molar-refractivity contribution is -0.142. The number of carbonyl (C=O) groups excluding carboxylic acids is 1. The van der Waals surface area contributed by atoms with E-state index in [2.05, 4.69) is 25.3 Å². The number of nitrogens with zero attached hydrogens (tertiary/aromatic N) is 3. The van der Waals surface area contributed by atoms with Gasteiger partial charge in [0.1, 0.15) is 0 Å². The second kappa shape index (κ2) is 8.77. The predicted molar refractivity (Wildman–Crippen MR) is 112 cm³/mol. The van der Waals surface area contributed by atoms with E-state index in [4.69, 9.17) is 16.6 Å². The predicted octanol–water partition coefficient (Wildman–Crippen LogP) is -0.263. The maximum absolute atomic E-state index is 12.6. The van der Waals surface area contributed by atoms with Crippen molar-refractivity contribution >= 4 is 40.5 Å². The third-order valence-corrected chi connectivity index (χ3v) is 4.63. The van der Waals surface area contributed by atoms with Gasteiger partial charge < -0.3 is 27.0 Å². The lowest BCUT2D eigenvalue weighted by Crippen LogP contribution is -2.55. The van der Waals surface area contributed by atoms with Crippen molar-refractivity contribution in [2.75, 3.05) is 11.1 Å². The van der Waals surface area contributed by atoms with Gasteiger partial charge in [0.2, 0.25) is 5.95 Å². The molecular formula is C19H19N7O6. The number of nitrogens with two attached hydrogens (primary N) is 2. The Kier molecular flexibility index (Phi) is 6.11. The zero-order chi connectivity index (χ0) is 23.5. The summed E-state index contributed by atoms with van der Waals surface area (Å²) in [5.41, 5.74) is 9.60. The Morgan fingerprint density at radius 2 is 1.81 bits per heavy atom. The van der Waals surface area contributed by atoms with Crippen LogP contribution in [0.3, 0.4) is 0 Å². The second-order valence-corrected chi connectivity index (χ2v) is 6.91. The largest absolute Gasteiger partial charge is 0.481 e. The maximum atomic E-state index is 12.6. The molecule has 0 aliphatic rings. The molecule has 0 aliphatic carbocycles. The van der Waals surface area contributed by atoms with Crippen LogP contribution in [0, 0.1) is 0 Å². The van der Waals surface area contributed by atoms with Crippen LogP contribution in [0.5, 0.6) is 0 Å². The molecule has 166 valence electrons. The minimum absolute atomic E-state index is 0.0234. The number of hydrogen-bond donors (Lipinski definition) is 6. The standard InChI is InChI=1S/C19H19N7O6/c20-18-25-15-13(16(30)26-18)23-8-11(24-15)7-22-10-3-1-9(2-4-10)14(29)19(21,17(31)32)6-5-12(27)28/h1-4,8,22H,5-7,21H2,(H,27,28)(H,31,32)(H3,20,24,25,26,30). The molecule has 0 radical (unpaired) electrons. The Hall–Kier alpha value is -4.39. The van der Waals surface area contributed by atoms with Crippen molar-refractivity contribution < 1.29 is 24.6 Å². The minimum atomic E-state index is -2.35. The number of nitrogens with one attached hydrogen (secondary N) is 2. The first-order chi connectivity index (χ1) is 15.1. The SMILES string of the molecule is Nc1nc2nc(CNc3ccc(C(=O)C(N)(CCC(=O)O)C(=O)O)cc3)cnc2c(=O)[nH]1. The van der Waals surface area contributed by atoms with Gasteiger partial charge in [-0.25, -0.2) is 14.8 Å². The number of aromatic amines is 1. The number of rotatable bonds is 9. The molecule has 3 rings (SSSR count). The summed E-state index contributed by atoms with van der Waals surface area (Å²) in [7, 11) is 0. The van der Waals surface area contributed by atoms with Crippen molar-refractivity contribution in [3.63, 3.8) is 0 Å². The summed E-state index contributed by atoms with van der Waals surface area (Å²) >= 11 is 0. The van der Waals surface area contributed by atoms with Crippen LogP contribution in [0.15, 0.2) is 35.3 Å². The Balaban J connectivity index is 1.72. The van der Waals surface area contributed by atoms with E-state index in [-0.39, 0.29) is 29.2 Å². The highest BCUT2D eigenvalue weighted by Crippen LogP contribution is 2.20. The first-order valence-electron chi connectivity index (χ1n) is 9.24. The van der Waals surface area contributed by atoms with Gasteiger partial charge in [-0.1, -0.05) is 0 Å². The normalized spacial score (nSPS) is 12.8. The summed E-state index contributed by atoms with van der Waals surface area (Å²) in [6.45, 7) is 0.208. The Bertz CT molecular complexity index is 1260. The molecule has 32 heavy (non-hydrogen) atoms. The van der Waals surface area contributed by atoms with Gasteiger partial charge in [0.25, 0.3) is 5.56 Å². The summed E-state index contributed by atoms with van der Waals surface area (Å²) in [6, 6.07) is 5.82. The quantitative estimate of drug-likeness (QED) is 0.186. The van der Waals surface area contributed by atoms with E-state index in [1.54, 1.807) is 0 Å². The number of anilines is 2. The van der Waals surface area contributed by atoms with Crippen LogP contribution in [-0.2, 0) is 16.1 Å². The highest BCUT2D eigenvalue weighted by atomic mass is 16.4. The number of carbonyl (C=O) groups is 3. The molecule has 13 nitrogen and oxygen atoms in total. The number of H-pyrrole nitrogens is 1. The van der Waals surface area contributed by atoms with E-state index in [1.807, 2.05) is 0 Å². The molecule has 2 aromatic heterocycles. The molecule has 0 spiro atoms. The number of benzene rings is 1. The van der Waals surface area contributed by atoms with E-state index in [0.717, 1.165) is 0 Å². The Labute approximate surface area is 179 Å². The average molecular weight is 441 g/mol. The third-order valence-electron chi connectivity index (χ3n) is 4.63. The van der Waals surface area contributed by atoms with E-state index in [1.165, 1.54) is 30.5 Å². The van der Waals surface area contributed by atoms with E-state index in [9.17, 15) is 24.3 Å². The fourth-order valence-electron chi connectivity index (χ4n) is 2.87. The number of aromatic nitrogens is 4. The van der Waals surface area contributed by atoms with Crippen LogP contribution in [0.1, 0.15) is 28.9 Å². The summed E-state index contributed by atoms with van der Waals surface area (Å²) in [6.07, 6.45) is 0.296. The van der Waals surface area contributed by atoms with Gasteiger partial charge in [0.05, 0.1) is 18.4 Å².